The number of amides is 4. The minimum absolute atomic E-state index is 0.196. The zero-order valence-corrected chi connectivity index (χ0v) is 17.5. The Hall–Kier alpha value is -3.48. The van der Waals surface area contributed by atoms with E-state index >= 15 is 0 Å². The maximum atomic E-state index is 13.0. The molecule has 0 spiro atoms. The first-order valence-electron chi connectivity index (χ1n) is 9.78. The molecule has 2 aromatic rings. The summed E-state index contributed by atoms with van der Waals surface area (Å²) in [7, 11) is 0. The molecule has 7 nitrogen and oxygen atoms in total. The molecular weight excluding hydrogens is 382 g/mol. The highest BCUT2D eigenvalue weighted by Crippen LogP contribution is 2.30. The van der Waals surface area contributed by atoms with Crippen LogP contribution in [-0.4, -0.2) is 35.1 Å². The lowest BCUT2D eigenvalue weighted by Crippen LogP contribution is -2.42. The van der Waals surface area contributed by atoms with E-state index < -0.39 is 29.9 Å². The smallest absolute Gasteiger partial charge is 0.324 e. The average Bonchev–Trinajstić information content (AvgIpc) is 2.92. The number of hydrogen-bond acceptors (Lipinski definition) is 4. The molecule has 0 aromatic heterocycles. The number of imide groups is 1. The number of hydrogen-bond donors (Lipinski definition) is 2. The number of urea groups is 1. The lowest BCUT2D eigenvalue weighted by molar-refractivity contribution is -0.133. The number of benzene rings is 2. The molecule has 0 bridgehead atoms. The molecular formula is C23H25N3O4. The van der Waals surface area contributed by atoms with Gasteiger partial charge in [0.15, 0.2) is 5.78 Å². The van der Waals surface area contributed by atoms with Gasteiger partial charge in [-0.1, -0.05) is 50.2 Å². The Balaban J connectivity index is 1.76. The first-order valence-corrected chi connectivity index (χ1v) is 9.78. The summed E-state index contributed by atoms with van der Waals surface area (Å²) in [6.45, 7) is 6.73. The molecule has 2 aromatic carbocycles. The SMILES string of the molecule is CC(=O)c1ccccc1NC(=O)CN1C(=O)N[C@](C)(c2ccc(C(C)C)cc2)C1=O. The Morgan fingerprint density at radius 1 is 1.07 bits per heavy atom. The number of anilines is 1. The van der Waals surface area contributed by atoms with Gasteiger partial charge in [-0.25, -0.2) is 4.79 Å². The van der Waals surface area contributed by atoms with Crippen LogP contribution in [0.1, 0.15) is 55.1 Å². The van der Waals surface area contributed by atoms with Crippen molar-refractivity contribution in [1.82, 2.24) is 10.2 Å². The van der Waals surface area contributed by atoms with Crippen molar-refractivity contribution in [2.45, 2.75) is 39.2 Å². The van der Waals surface area contributed by atoms with Crippen molar-refractivity contribution in [3.8, 4) is 0 Å². The zero-order chi connectivity index (χ0) is 22.1. The molecule has 1 fully saturated rings. The molecule has 0 aliphatic carbocycles. The number of nitrogens with one attached hydrogen (secondary N) is 2. The largest absolute Gasteiger partial charge is 0.325 e. The van der Waals surface area contributed by atoms with Crippen molar-refractivity contribution in [2.75, 3.05) is 11.9 Å². The van der Waals surface area contributed by atoms with Gasteiger partial charge >= 0.3 is 6.03 Å². The lowest BCUT2D eigenvalue weighted by Gasteiger charge is -2.23. The van der Waals surface area contributed by atoms with E-state index in [9.17, 15) is 19.2 Å². The summed E-state index contributed by atoms with van der Waals surface area (Å²) in [5.41, 5.74) is 1.23. The van der Waals surface area contributed by atoms with Crippen molar-refractivity contribution in [2.24, 2.45) is 0 Å². The average molecular weight is 407 g/mol. The molecule has 3 rings (SSSR count). The number of nitrogens with zero attached hydrogens (tertiary/aromatic N) is 1. The van der Waals surface area contributed by atoms with E-state index in [1.807, 2.05) is 24.3 Å². The third kappa shape index (κ3) is 3.96. The van der Waals surface area contributed by atoms with Gasteiger partial charge in [-0.05, 0) is 43.0 Å². The number of carbonyl (C=O) groups is 4. The summed E-state index contributed by atoms with van der Waals surface area (Å²) in [6.07, 6.45) is 0. The van der Waals surface area contributed by atoms with Gasteiger partial charge in [-0.15, -0.1) is 0 Å². The predicted molar refractivity (Wildman–Crippen MR) is 113 cm³/mol. The molecule has 2 N–H and O–H groups in total. The van der Waals surface area contributed by atoms with E-state index in [0.717, 1.165) is 10.5 Å². The Kier molecular flexibility index (Phi) is 5.73. The Labute approximate surface area is 175 Å². The summed E-state index contributed by atoms with van der Waals surface area (Å²) in [5.74, 6) is -0.913. The van der Waals surface area contributed by atoms with Crippen LogP contribution in [-0.2, 0) is 15.1 Å². The number of rotatable bonds is 6. The highest BCUT2D eigenvalue weighted by Gasteiger charge is 2.49. The van der Waals surface area contributed by atoms with Gasteiger partial charge in [-0.2, -0.15) is 0 Å². The topological polar surface area (TPSA) is 95.6 Å². The van der Waals surface area contributed by atoms with Gasteiger partial charge < -0.3 is 10.6 Å². The Bertz CT molecular complexity index is 1010. The van der Waals surface area contributed by atoms with Crippen molar-refractivity contribution in [3.63, 3.8) is 0 Å². The van der Waals surface area contributed by atoms with Crippen LogP contribution in [0.3, 0.4) is 0 Å². The maximum absolute atomic E-state index is 13.0. The monoisotopic (exact) mass is 407 g/mol. The molecule has 30 heavy (non-hydrogen) atoms. The van der Waals surface area contributed by atoms with E-state index in [4.69, 9.17) is 0 Å². The highest BCUT2D eigenvalue weighted by molar-refractivity contribution is 6.11. The van der Waals surface area contributed by atoms with Crippen molar-refractivity contribution in [3.05, 3.63) is 65.2 Å². The van der Waals surface area contributed by atoms with Gasteiger partial charge in [0.25, 0.3) is 5.91 Å². The standard InChI is InChI=1S/C23H25N3O4/c1-14(2)16-9-11-17(12-10-16)23(4)21(29)26(22(30)25-23)13-20(28)24-19-8-6-5-7-18(19)15(3)27/h5-12,14H,13H2,1-4H3,(H,24,28)(H,25,30)/t23-/m1/s1. The van der Waals surface area contributed by atoms with Gasteiger partial charge in [-0.3, -0.25) is 19.3 Å². The first-order chi connectivity index (χ1) is 14.1. The summed E-state index contributed by atoms with van der Waals surface area (Å²) in [5, 5.41) is 5.31. The fourth-order valence-electron chi connectivity index (χ4n) is 3.47. The van der Waals surface area contributed by atoms with E-state index in [0.29, 0.717) is 22.7 Å². The summed E-state index contributed by atoms with van der Waals surface area (Å²) in [6, 6.07) is 13.4. The Morgan fingerprint density at radius 3 is 2.30 bits per heavy atom. The van der Waals surface area contributed by atoms with Gasteiger partial charge in [0.2, 0.25) is 5.91 Å². The summed E-state index contributed by atoms with van der Waals surface area (Å²) >= 11 is 0. The second-order valence-electron chi connectivity index (χ2n) is 7.87. The first kappa shape index (κ1) is 21.2. The zero-order valence-electron chi connectivity index (χ0n) is 17.5. The van der Waals surface area contributed by atoms with Crippen LogP contribution in [0.5, 0.6) is 0 Å². The highest BCUT2D eigenvalue weighted by atomic mass is 16.2. The van der Waals surface area contributed by atoms with E-state index in [-0.39, 0.29) is 5.78 Å². The molecule has 4 amide bonds. The van der Waals surface area contributed by atoms with Gasteiger partial charge in [0.05, 0.1) is 5.69 Å². The second kappa shape index (κ2) is 8.10. The summed E-state index contributed by atoms with van der Waals surface area (Å²) < 4.78 is 0. The molecule has 1 atom stereocenters. The number of para-hydroxylation sites is 1. The quantitative estimate of drug-likeness (QED) is 0.567. The number of carbonyl (C=O) groups excluding carboxylic acids is 4. The van der Waals surface area contributed by atoms with E-state index in [1.54, 1.807) is 31.2 Å². The molecule has 1 aliphatic rings. The van der Waals surface area contributed by atoms with Crippen LogP contribution >= 0.6 is 0 Å². The van der Waals surface area contributed by atoms with Crippen molar-refractivity contribution >= 4 is 29.3 Å². The molecule has 156 valence electrons. The minimum atomic E-state index is -1.25. The van der Waals surface area contributed by atoms with Crippen LogP contribution in [0.4, 0.5) is 10.5 Å². The number of Topliss-reactive ketones (excluding diaryl/α,β-unsaturated/α-hetero) is 1. The van der Waals surface area contributed by atoms with Crippen LogP contribution in [0.25, 0.3) is 0 Å². The minimum Gasteiger partial charge on any atom is -0.324 e. The third-order valence-electron chi connectivity index (χ3n) is 5.31. The van der Waals surface area contributed by atoms with Crippen LogP contribution in [0.2, 0.25) is 0 Å². The van der Waals surface area contributed by atoms with Crippen molar-refractivity contribution < 1.29 is 19.2 Å². The molecule has 1 aliphatic heterocycles. The molecule has 1 heterocycles. The summed E-state index contributed by atoms with van der Waals surface area (Å²) in [4.78, 5) is 50.6. The molecule has 0 unspecified atom stereocenters. The lowest BCUT2D eigenvalue weighted by atomic mass is 9.90. The van der Waals surface area contributed by atoms with Gasteiger partial charge in [0.1, 0.15) is 12.1 Å². The fourth-order valence-corrected chi connectivity index (χ4v) is 3.47. The van der Waals surface area contributed by atoms with Crippen LogP contribution < -0.4 is 10.6 Å². The fraction of sp³-hybridized carbons (Fsp3) is 0.304. The van der Waals surface area contributed by atoms with Crippen LogP contribution in [0.15, 0.2) is 48.5 Å². The van der Waals surface area contributed by atoms with E-state index in [1.165, 1.54) is 6.92 Å². The van der Waals surface area contributed by atoms with Crippen LogP contribution in [0, 0.1) is 0 Å². The van der Waals surface area contributed by atoms with Gasteiger partial charge in [0, 0.05) is 5.56 Å². The van der Waals surface area contributed by atoms with Crippen molar-refractivity contribution in [1.29, 1.82) is 0 Å². The molecule has 0 saturated carbocycles. The Morgan fingerprint density at radius 2 is 1.70 bits per heavy atom. The second-order valence-corrected chi connectivity index (χ2v) is 7.87. The molecule has 1 saturated heterocycles. The third-order valence-corrected chi connectivity index (χ3v) is 5.31. The predicted octanol–water partition coefficient (Wildman–Crippen LogP) is 3.42. The molecule has 0 radical (unpaired) electrons. The number of ketones is 1. The van der Waals surface area contributed by atoms with E-state index in [2.05, 4.69) is 24.5 Å². The normalized spacial score (nSPS) is 18.5. The maximum Gasteiger partial charge on any atom is 0.325 e. The molecule has 7 heteroatoms.